The molecule has 2 N–H and O–H groups in total. The van der Waals surface area contributed by atoms with E-state index in [0.717, 1.165) is 39.0 Å². The highest BCUT2D eigenvalue weighted by atomic mass is 16.5. The van der Waals surface area contributed by atoms with Crippen LogP contribution >= 0.6 is 0 Å². The van der Waals surface area contributed by atoms with Crippen LogP contribution in [0.2, 0.25) is 0 Å². The molecule has 3 heteroatoms. The zero-order valence-electron chi connectivity index (χ0n) is 11.3. The Hall–Kier alpha value is -0.900. The van der Waals surface area contributed by atoms with E-state index in [0.29, 0.717) is 6.54 Å². The minimum atomic E-state index is -0.281. The van der Waals surface area contributed by atoms with Crippen molar-refractivity contribution in [3.63, 3.8) is 0 Å². The van der Waals surface area contributed by atoms with E-state index in [2.05, 4.69) is 24.4 Å². The van der Waals surface area contributed by atoms with E-state index in [1.54, 1.807) is 0 Å². The molecule has 0 heterocycles. The Morgan fingerprint density at radius 1 is 1.22 bits per heavy atom. The maximum Gasteiger partial charge on any atom is 0.0667 e. The summed E-state index contributed by atoms with van der Waals surface area (Å²) in [7, 11) is 0. The summed E-state index contributed by atoms with van der Waals surface area (Å²) in [6, 6.07) is 10.3. The van der Waals surface area contributed by atoms with Crippen molar-refractivity contribution in [1.29, 1.82) is 0 Å². The molecule has 0 aliphatic carbocycles. The van der Waals surface area contributed by atoms with Gasteiger partial charge in [-0.2, -0.15) is 0 Å². The fraction of sp³-hybridized carbons (Fsp3) is 0.600. The number of aryl methyl sites for hydroxylation is 1. The zero-order valence-corrected chi connectivity index (χ0v) is 11.3. The van der Waals surface area contributed by atoms with Crippen molar-refractivity contribution in [2.24, 2.45) is 0 Å². The molecule has 0 saturated carbocycles. The lowest BCUT2D eigenvalue weighted by Crippen LogP contribution is -2.29. The first-order valence-corrected chi connectivity index (χ1v) is 6.83. The van der Waals surface area contributed by atoms with Crippen LogP contribution in [0.1, 0.15) is 25.3 Å². The van der Waals surface area contributed by atoms with Gasteiger partial charge in [-0.05, 0) is 24.8 Å². The lowest BCUT2D eigenvalue weighted by Gasteiger charge is -2.12. The minimum absolute atomic E-state index is 0.281. The number of hydrogen-bond acceptors (Lipinski definition) is 3. The van der Waals surface area contributed by atoms with Gasteiger partial charge in [-0.15, -0.1) is 0 Å². The molecule has 1 aromatic rings. The van der Waals surface area contributed by atoms with Gasteiger partial charge in [0, 0.05) is 19.7 Å². The third-order valence-corrected chi connectivity index (χ3v) is 2.76. The summed E-state index contributed by atoms with van der Waals surface area (Å²) in [4.78, 5) is 0. The smallest absolute Gasteiger partial charge is 0.0667 e. The minimum Gasteiger partial charge on any atom is -0.392 e. The van der Waals surface area contributed by atoms with Gasteiger partial charge in [0.2, 0.25) is 0 Å². The van der Waals surface area contributed by atoms with Crippen LogP contribution < -0.4 is 5.32 Å². The summed E-state index contributed by atoms with van der Waals surface area (Å²) in [6.07, 6.45) is 2.50. The van der Waals surface area contributed by atoms with Gasteiger partial charge in [0.25, 0.3) is 0 Å². The maximum absolute atomic E-state index is 9.81. The zero-order chi connectivity index (χ0) is 13.1. The van der Waals surface area contributed by atoms with Crippen molar-refractivity contribution in [3.05, 3.63) is 35.9 Å². The Labute approximate surface area is 110 Å². The van der Waals surface area contributed by atoms with Crippen LogP contribution in [-0.2, 0) is 11.2 Å². The summed E-state index contributed by atoms with van der Waals surface area (Å²) in [6.45, 7) is 5.09. The summed E-state index contributed by atoms with van der Waals surface area (Å²) in [5, 5.41) is 13.0. The standard InChI is InChI=1S/C15H25NO2/c1-2-11-18-12-10-16-13-15(17)9-8-14-6-4-3-5-7-14/h3-7,15-17H,2,8-13H2,1H3/t15-/m1/s1. The van der Waals surface area contributed by atoms with Gasteiger partial charge in [0.15, 0.2) is 0 Å². The molecule has 0 spiro atoms. The monoisotopic (exact) mass is 251 g/mol. The van der Waals surface area contributed by atoms with E-state index in [-0.39, 0.29) is 6.10 Å². The molecule has 0 bridgehead atoms. The molecule has 3 nitrogen and oxygen atoms in total. The fourth-order valence-electron chi connectivity index (χ4n) is 1.74. The predicted molar refractivity (Wildman–Crippen MR) is 74.7 cm³/mol. The SMILES string of the molecule is CCCOCCNC[C@H](O)CCc1ccccc1. The van der Waals surface area contributed by atoms with Crippen LogP contribution in [-0.4, -0.2) is 37.5 Å². The molecule has 102 valence electrons. The molecule has 0 aliphatic rings. The first kappa shape index (κ1) is 15.2. The van der Waals surface area contributed by atoms with E-state index in [9.17, 15) is 5.11 Å². The molecule has 1 rings (SSSR count). The molecule has 0 fully saturated rings. The first-order chi connectivity index (χ1) is 8.83. The average Bonchev–Trinajstić information content (AvgIpc) is 2.41. The van der Waals surface area contributed by atoms with Crippen LogP contribution in [0.15, 0.2) is 30.3 Å². The highest BCUT2D eigenvalue weighted by Gasteiger charge is 2.03. The fourth-order valence-corrected chi connectivity index (χ4v) is 1.74. The number of nitrogens with one attached hydrogen (secondary N) is 1. The summed E-state index contributed by atoms with van der Waals surface area (Å²) < 4.78 is 5.35. The van der Waals surface area contributed by atoms with E-state index >= 15 is 0 Å². The van der Waals surface area contributed by atoms with Gasteiger partial charge in [-0.1, -0.05) is 37.3 Å². The number of rotatable bonds is 10. The normalized spacial score (nSPS) is 12.6. The number of aliphatic hydroxyl groups is 1. The Bertz CT molecular complexity index is 290. The van der Waals surface area contributed by atoms with Crippen LogP contribution in [0.4, 0.5) is 0 Å². The van der Waals surface area contributed by atoms with E-state index in [4.69, 9.17) is 4.74 Å². The number of ether oxygens (including phenoxy) is 1. The lowest BCUT2D eigenvalue weighted by molar-refractivity contribution is 0.126. The number of benzene rings is 1. The molecule has 0 aliphatic heterocycles. The van der Waals surface area contributed by atoms with E-state index in [1.807, 2.05) is 18.2 Å². The Morgan fingerprint density at radius 3 is 2.72 bits per heavy atom. The van der Waals surface area contributed by atoms with Crippen LogP contribution in [0.3, 0.4) is 0 Å². The molecule has 0 saturated heterocycles. The van der Waals surface area contributed by atoms with Gasteiger partial charge in [0.05, 0.1) is 12.7 Å². The predicted octanol–water partition coefficient (Wildman–Crippen LogP) is 2.00. The largest absolute Gasteiger partial charge is 0.392 e. The molecule has 0 aromatic heterocycles. The second-order valence-electron chi connectivity index (χ2n) is 4.49. The van der Waals surface area contributed by atoms with Crippen molar-refractivity contribution in [3.8, 4) is 0 Å². The summed E-state index contributed by atoms with van der Waals surface area (Å²) in [5.74, 6) is 0. The molecule has 0 radical (unpaired) electrons. The third kappa shape index (κ3) is 7.43. The van der Waals surface area contributed by atoms with Crippen LogP contribution in [0.5, 0.6) is 0 Å². The quantitative estimate of drug-likeness (QED) is 0.625. The van der Waals surface area contributed by atoms with Crippen molar-refractivity contribution >= 4 is 0 Å². The highest BCUT2D eigenvalue weighted by molar-refractivity contribution is 5.14. The van der Waals surface area contributed by atoms with Crippen LogP contribution in [0, 0.1) is 0 Å². The Kier molecular flexibility index (Phi) is 8.47. The molecular formula is C15H25NO2. The topological polar surface area (TPSA) is 41.5 Å². The second kappa shape index (κ2) is 10.1. The summed E-state index contributed by atoms with van der Waals surface area (Å²) in [5.41, 5.74) is 1.28. The van der Waals surface area contributed by atoms with Crippen molar-refractivity contribution < 1.29 is 9.84 Å². The van der Waals surface area contributed by atoms with Gasteiger partial charge in [0.1, 0.15) is 0 Å². The molecule has 1 aromatic carbocycles. The second-order valence-corrected chi connectivity index (χ2v) is 4.49. The van der Waals surface area contributed by atoms with Gasteiger partial charge < -0.3 is 15.2 Å². The Balaban J connectivity index is 1.99. The number of hydrogen-bond donors (Lipinski definition) is 2. The van der Waals surface area contributed by atoms with Crippen molar-refractivity contribution in [2.45, 2.75) is 32.3 Å². The molecule has 0 unspecified atom stereocenters. The van der Waals surface area contributed by atoms with Gasteiger partial charge in [-0.3, -0.25) is 0 Å². The average molecular weight is 251 g/mol. The maximum atomic E-state index is 9.81. The van der Waals surface area contributed by atoms with Crippen LogP contribution in [0.25, 0.3) is 0 Å². The lowest BCUT2D eigenvalue weighted by atomic mass is 10.1. The third-order valence-electron chi connectivity index (χ3n) is 2.76. The number of aliphatic hydroxyl groups excluding tert-OH is 1. The van der Waals surface area contributed by atoms with Crippen molar-refractivity contribution in [2.75, 3.05) is 26.3 Å². The molecule has 0 amide bonds. The summed E-state index contributed by atoms with van der Waals surface area (Å²) >= 11 is 0. The molecule has 1 atom stereocenters. The van der Waals surface area contributed by atoms with E-state index in [1.165, 1.54) is 5.56 Å². The molecule has 18 heavy (non-hydrogen) atoms. The highest BCUT2D eigenvalue weighted by Crippen LogP contribution is 2.04. The van der Waals surface area contributed by atoms with E-state index < -0.39 is 0 Å². The van der Waals surface area contributed by atoms with Gasteiger partial charge in [-0.25, -0.2) is 0 Å². The van der Waals surface area contributed by atoms with Crippen molar-refractivity contribution in [1.82, 2.24) is 5.32 Å². The Morgan fingerprint density at radius 2 is 2.00 bits per heavy atom. The first-order valence-electron chi connectivity index (χ1n) is 6.83. The molecular weight excluding hydrogens is 226 g/mol. The van der Waals surface area contributed by atoms with Gasteiger partial charge >= 0.3 is 0 Å².